The molecule has 0 fully saturated rings. The monoisotopic (exact) mass is 428 g/mol. The largest absolute Gasteiger partial charge is 0.457 e. The topological polar surface area (TPSA) is 41.6 Å². The zero-order valence-corrected chi connectivity index (χ0v) is 16.9. The molecule has 0 radical (unpaired) electrons. The molecule has 0 heterocycles. The number of aryl methyl sites for hydroxylation is 1. The maximum Gasteiger partial charge on any atom is 0.417 e. The number of hydrogen-bond donors (Lipinski definition) is 1. The maximum atomic E-state index is 13.6. The Morgan fingerprint density at radius 3 is 2.48 bits per heavy atom. The van der Waals surface area contributed by atoms with Crippen LogP contribution in [0.2, 0.25) is 0 Å². The fraction of sp³-hybridized carbons (Fsp3) is 0.300. The van der Waals surface area contributed by atoms with Gasteiger partial charge in [-0.3, -0.25) is 0 Å². The Labute approximate surface area is 171 Å². The first-order valence-electron chi connectivity index (χ1n) is 8.69. The molecule has 0 saturated carbocycles. The standard InChI is InChI=1S/C20H20F4N2O2S/c1-4-26(3)19(29)25-17-10-15(20(22,23)24)14(9-12(17)2)18(27)28-11-13-7-5-6-8-16(13)21/h5-10H,4,11H2,1-3H3,(H,25,29). The molecule has 0 atom stereocenters. The van der Waals surface area contributed by atoms with E-state index in [9.17, 15) is 22.4 Å². The molecule has 0 aromatic heterocycles. The summed E-state index contributed by atoms with van der Waals surface area (Å²) in [6.45, 7) is 3.48. The number of nitrogens with one attached hydrogen (secondary N) is 1. The van der Waals surface area contributed by atoms with Gasteiger partial charge in [-0.1, -0.05) is 18.2 Å². The van der Waals surface area contributed by atoms with E-state index >= 15 is 0 Å². The van der Waals surface area contributed by atoms with E-state index in [1.807, 2.05) is 6.92 Å². The minimum Gasteiger partial charge on any atom is -0.457 e. The van der Waals surface area contributed by atoms with E-state index < -0.39 is 35.7 Å². The Hall–Kier alpha value is -2.68. The molecular formula is C20H20F4N2O2S. The quantitative estimate of drug-likeness (QED) is 0.405. The van der Waals surface area contributed by atoms with Gasteiger partial charge in [0.15, 0.2) is 5.11 Å². The molecule has 0 saturated heterocycles. The minimum atomic E-state index is -4.80. The molecule has 4 nitrogen and oxygen atoms in total. The van der Waals surface area contributed by atoms with Crippen LogP contribution in [0.15, 0.2) is 36.4 Å². The predicted molar refractivity (Wildman–Crippen MR) is 106 cm³/mol. The lowest BCUT2D eigenvalue weighted by molar-refractivity contribution is -0.138. The van der Waals surface area contributed by atoms with Crippen molar-refractivity contribution in [2.75, 3.05) is 18.9 Å². The average molecular weight is 428 g/mol. The summed E-state index contributed by atoms with van der Waals surface area (Å²) in [6.07, 6.45) is -4.80. The van der Waals surface area contributed by atoms with Gasteiger partial charge < -0.3 is 15.0 Å². The highest BCUT2D eigenvalue weighted by Gasteiger charge is 2.36. The van der Waals surface area contributed by atoms with Gasteiger partial charge in [-0.25, -0.2) is 9.18 Å². The molecule has 29 heavy (non-hydrogen) atoms. The number of benzene rings is 2. The number of thiocarbonyl (C=S) groups is 1. The first-order chi connectivity index (χ1) is 13.5. The lowest BCUT2D eigenvalue weighted by Crippen LogP contribution is -2.31. The van der Waals surface area contributed by atoms with Gasteiger partial charge in [-0.15, -0.1) is 0 Å². The van der Waals surface area contributed by atoms with Gasteiger partial charge >= 0.3 is 12.1 Å². The van der Waals surface area contributed by atoms with Crippen molar-refractivity contribution in [2.24, 2.45) is 0 Å². The van der Waals surface area contributed by atoms with Crippen LogP contribution in [0.3, 0.4) is 0 Å². The van der Waals surface area contributed by atoms with E-state index in [2.05, 4.69) is 5.32 Å². The van der Waals surface area contributed by atoms with E-state index in [1.165, 1.54) is 24.3 Å². The number of esters is 1. The van der Waals surface area contributed by atoms with Gasteiger partial charge in [0.2, 0.25) is 0 Å². The van der Waals surface area contributed by atoms with Crippen molar-refractivity contribution in [2.45, 2.75) is 26.6 Å². The summed E-state index contributed by atoms with van der Waals surface area (Å²) in [5, 5.41) is 3.01. The van der Waals surface area contributed by atoms with Crippen molar-refractivity contribution in [3.63, 3.8) is 0 Å². The van der Waals surface area contributed by atoms with Crippen molar-refractivity contribution in [1.29, 1.82) is 0 Å². The first kappa shape index (κ1) is 22.6. The zero-order valence-electron chi connectivity index (χ0n) is 16.1. The molecule has 2 aromatic carbocycles. The molecule has 2 aromatic rings. The Morgan fingerprint density at radius 2 is 1.90 bits per heavy atom. The van der Waals surface area contributed by atoms with Crippen molar-refractivity contribution >= 4 is 29.0 Å². The van der Waals surface area contributed by atoms with Crippen LogP contribution in [0.25, 0.3) is 0 Å². The lowest BCUT2D eigenvalue weighted by Gasteiger charge is -2.21. The fourth-order valence-corrected chi connectivity index (χ4v) is 2.68. The molecule has 0 spiro atoms. The number of anilines is 1. The SMILES string of the molecule is CCN(C)C(=S)Nc1cc(C(F)(F)F)c(C(=O)OCc2ccccc2F)cc1C. The predicted octanol–water partition coefficient (Wildman–Crippen LogP) is 5.16. The summed E-state index contributed by atoms with van der Waals surface area (Å²) >= 11 is 5.15. The second kappa shape index (κ2) is 9.21. The number of alkyl halides is 3. The Morgan fingerprint density at radius 1 is 1.24 bits per heavy atom. The summed E-state index contributed by atoms with van der Waals surface area (Å²) in [7, 11) is 1.70. The summed E-state index contributed by atoms with van der Waals surface area (Å²) in [5.41, 5.74) is -1.23. The highest BCUT2D eigenvalue weighted by atomic mass is 32.1. The highest BCUT2D eigenvalue weighted by molar-refractivity contribution is 7.80. The second-order valence-electron chi connectivity index (χ2n) is 6.32. The zero-order chi connectivity index (χ0) is 21.8. The Bertz CT molecular complexity index is 916. The number of hydrogen-bond acceptors (Lipinski definition) is 3. The normalized spacial score (nSPS) is 11.1. The van der Waals surface area contributed by atoms with Crippen molar-refractivity contribution < 1.29 is 27.1 Å². The van der Waals surface area contributed by atoms with E-state index in [4.69, 9.17) is 17.0 Å². The number of carbonyl (C=O) groups excluding carboxylic acids is 1. The summed E-state index contributed by atoms with van der Waals surface area (Å²) in [4.78, 5) is 14.0. The van der Waals surface area contributed by atoms with Crippen LogP contribution >= 0.6 is 12.2 Å². The molecule has 156 valence electrons. The van der Waals surface area contributed by atoms with Crippen LogP contribution in [-0.4, -0.2) is 29.6 Å². The molecule has 0 aliphatic rings. The molecule has 0 unspecified atom stereocenters. The van der Waals surface area contributed by atoms with E-state index in [0.717, 1.165) is 12.1 Å². The van der Waals surface area contributed by atoms with E-state index in [1.54, 1.807) is 18.9 Å². The molecule has 0 aliphatic heterocycles. The lowest BCUT2D eigenvalue weighted by atomic mass is 10.0. The van der Waals surface area contributed by atoms with E-state index in [-0.39, 0.29) is 16.4 Å². The Kier molecular flexibility index (Phi) is 7.18. The van der Waals surface area contributed by atoms with Gasteiger partial charge in [-0.2, -0.15) is 13.2 Å². The van der Waals surface area contributed by atoms with Crippen LogP contribution in [0.1, 0.15) is 34.0 Å². The molecule has 0 amide bonds. The van der Waals surface area contributed by atoms with Crippen LogP contribution in [-0.2, 0) is 17.5 Å². The van der Waals surface area contributed by atoms with Crippen molar-refractivity contribution in [3.05, 3.63) is 64.5 Å². The third-order valence-electron chi connectivity index (χ3n) is 4.27. The summed E-state index contributed by atoms with van der Waals surface area (Å²) in [6, 6.07) is 7.46. The van der Waals surface area contributed by atoms with Gasteiger partial charge in [0.05, 0.1) is 11.1 Å². The average Bonchev–Trinajstić information content (AvgIpc) is 2.66. The third kappa shape index (κ3) is 5.66. The van der Waals surface area contributed by atoms with Crippen LogP contribution < -0.4 is 5.32 Å². The number of nitrogens with zero attached hydrogens (tertiary/aromatic N) is 1. The summed E-state index contributed by atoms with van der Waals surface area (Å²) in [5.74, 6) is -1.80. The molecule has 1 N–H and O–H groups in total. The van der Waals surface area contributed by atoms with Gasteiger partial charge in [0.1, 0.15) is 12.4 Å². The molecular weight excluding hydrogens is 408 g/mol. The number of carbonyl (C=O) groups is 1. The van der Waals surface area contributed by atoms with Crippen molar-refractivity contribution in [1.82, 2.24) is 4.90 Å². The first-order valence-corrected chi connectivity index (χ1v) is 9.09. The fourth-order valence-electron chi connectivity index (χ4n) is 2.44. The molecule has 0 aliphatic carbocycles. The smallest absolute Gasteiger partial charge is 0.417 e. The number of rotatable bonds is 5. The maximum absolute atomic E-state index is 13.6. The van der Waals surface area contributed by atoms with Crippen molar-refractivity contribution in [3.8, 4) is 0 Å². The molecule has 2 rings (SSSR count). The van der Waals surface area contributed by atoms with Gasteiger partial charge in [0, 0.05) is 24.8 Å². The van der Waals surface area contributed by atoms with Crippen LogP contribution in [0.4, 0.5) is 23.2 Å². The number of halogens is 4. The summed E-state index contributed by atoms with van der Waals surface area (Å²) < 4.78 is 59.3. The third-order valence-corrected chi connectivity index (χ3v) is 4.68. The van der Waals surface area contributed by atoms with Crippen LogP contribution in [0, 0.1) is 12.7 Å². The molecule has 0 bridgehead atoms. The number of ether oxygens (including phenoxy) is 1. The van der Waals surface area contributed by atoms with E-state index in [0.29, 0.717) is 12.1 Å². The van der Waals surface area contributed by atoms with Gasteiger partial charge in [0.25, 0.3) is 0 Å². The Balaban J connectivity index is 2.33. The van der Waals surface area contributed by atoms with Gasteiger partial charge in [-0.05, 0) is 49.8 Å². The van der Waals surface area contributed by atoms with Crippen LogP contribution in [0.5, 0.6) is 0 Å². The minimum absolute atomic E-state index is 0.0670. The molecule has 9 heteroatoms. The highest BCUT2D eigenvalue weighted by Crippen LogP contribution is 2.36. The second-order valence-corrected chi connectivity index (χ2v) is 6.71.